The van der Waals surface area contributed by atoms with Crippen LogP contribution in [0.4, 0.5) is 5.69 Å². The number of hydrogen-bond acceptors (Lipinski definition) is 3. The Labute approximate surface area is 156 Å². The van der Waals surface area contributed by atoms with Gasteiger partial charge in [0.1, 0.15) is 0 Å². The van der Waals surface area contributed by atoms with Crippen LogP contribution in [-0.4, -0.2) is 27.4 Å². The number of nitrogens with one attached hydrogen (secondary N) is 1. The summed E-state index contributed by atoms with van der Waals surface area (Å²) in [5.74, 6) is -0.125. The molecule has 0 spiro atoms. The summed E-state index contributed by atoms with van der Waals surface area (Å²) in [5, 5.41) is 0. The van der Waals surface area contributed by atoms with Crippen LogP contribution >= 0.6 is 0 Å². The summed E-state index contributed by atoms with van der Waals surface area (Å²) < 4.78 is 27.5. The van der Waals surface area contributed by atoms with Crippen molar-refractivity contribution in [1.82, 2.24) is 4.72 Å². The molecule has 1 amide bonds. The summed E-state index contributed by atoms with van der Waals surface area (Å²) in [6.45, 7) is 7.78. The van der Waals surface area contributed by atoms with Gasteiger partial charge in [-0.2, -0.15) is 0 Å². The molecule has 0 saturated carbocycles. The quantitative estimate of drug-likeness (QED) is 0.809. The number of aryl methyl sites for hydroxylation is 3. The predicted octanol–water partition coefficient (Wildman–Crippen LogP) is 3.20. The zero-order valence-electron chi connectivity index (χ0n) is 15.7. The molecular formula is C20H26N2O3S. The zero-order valence-corrected chi connectivity index (χ0v) is 16.6. The van der Waals surface area contributed by atoms with Crippen LogP contribution in [0.1, 0.15) is 30.5 Å². The fourth-order valence-corrected chi connectivity index (χ4v) is 3.74. The van der Waals surface area contributed by atoms with E-state index in [4.69, 9.17) is 0 Å². The molecular weight excluding hydrogens is 348 g/mol. The molecule has 1 N–H and O–H groups in total. The molecule has 0 saturated heterocycles. The second kappa shape index (κ2) is 8.47. The van der Waals surface area contributed by atoms with Gasteiger partial charge in [-0.15, -0.1) is 0 Å². The van der Waals surface area contributed by atoms with E-state index in [1.165, 1.54) is 12.5 Å². The van der Waals surface area contributed by atoms with E-state index < -0.39 is 10.0 Å². The van der Waals surface area contributed by atoms with E-state index in [0.29, 0.717) is 0 Å². The standard InChI is InChI=1S/C20H26N2O3S/c1-5-18-7-9-19(10-8-18)22(17(4)23)13-12-21-26(24,25)20-11-6-15(2)16(3)14-20/h6-11,14,21H,5,12-13H2,1-4H3. The van der Waals surface area contributed by atoms with E-state index in [2.05, 4.69) is 11.6 Å². The van der Waals surface area contributed by atoms with Crippen LogP contribution in [0.5, 0.6) is 0 Å². The second-order valence-corrected chi connectivity index (χ2v) is 8.10. The van der Waals surface area contributed by atoms with Crippen LogP contribution in [0.2, 0.25) is 0 Å². The van der Waals surface area contributed by atoms with Crippen molar-refractivity contribution < 1.29 is 13.2 Å². The van der Waals surface area contributed by atoms with Crippen LogP contribution in [0.25, 0.3) is 0 Å². The van der Waals surface area contributed by atoms with Crippen molar-refractivity contribution in [3.63, 3.8) is 0 Å². The molecule has 0 aliphatic rings. The Morgan fingerprint density at radius 3 is 2.23 bits per heavy atom. The lowest BCUT2D eigenvalue weighted by Gasteiger charge is -2.21. The summed E-state index contributed by atoms with van der Waals surface area (Å²) in [4.78, 5) is 13.8. The molecule has 140 valence electrons. The summed E-state index contributed by atoms with van der Waals surface area (Å²) in [7, 11) is -3.60. The maximum Gasteiger partial charge on any atom is 0.240 e. The Hall–Kier alpha value is -2.18. The smallest absolute Gasteiger partial charge is 0.240 e. The fourth-order valence-electron chi connectivity index (χ4n) is 2.64. The van der Waals surface area contributed by atoms with Gasteiger partial charge in [-0.1, -0.05) is 25.1 Å². The molecule has 0 fully saturated rings. The number of carbonyl (C=O) groups excluding carboxylic acids is 1. The number of nitrogens with zero attached hydrogens (tertiary/aromatic N) is 1. The Balaban J connectivity index is 2.06. The van der Waals surface area contributed by atoms with Crippen LogP contribution in [0, 0.1) is 13.8 Å². The maximum atomic E-state index is 12.5. The molecule has 0 aliphatic carbocycles. The number of anilines is 1. The van der Waals surface area contributed by atoms with Gasteiger partial charge in [0.15, 0.2) is 0 Å². The van der Waals surface area contributed by atoms with Gasteiger partial charge in [-0.25, -0.2) is 13.1 Å². The van der Waals surface area contributed by atoms with Gasteiger partial charge in [0.25, 0.3) is 0 Å². The van der Waals surface area contributed by atoms with E-state index >= 15 is 0 Å². The van der Waals surface area contributed by atoms with Gasteiger partial charge in [-0.05, 0) is 61.2 Å². The van der Waals surface area contributed by atoms with Crippen molar-refractivity contribution in [3.8, 4) is 0 Å². The number of sulfonamides is 1. The summed E-state index contributed by atoms with van der Waals surface area (Å²) in [5.41, 5.74) is 3.92. The lowest BCUT2D eigenvalue weighted by atomic mass is 10.1. The van der Waals surface area contributed by atoms with Gasteiger partial charge in [0.05, 0.1) is 4.90 Å². The average molecular weight is 375 g/mol. The normalized spacial score (nSPS) is 11.4. The van der Waals surface area contributed by atoms with Crippen molar-refractivity contribution in [1.29, 1.82) is 0 Å². The average Bonchev–Trinajstić information content (AvgIpc) is 2.61. The highest BCUT2D eigenvalue weighted by Gasteiger charge is 2.16. The number of hydrogen-bond donors (Lipinski definition) is 1. The van der Waals surface area contributed by atoms with Crippen molar-refractivity contribution in [2.45, 2.75) is 39.0 Å². The molecule has 0 aromatic heterocycles. The van der Waals surface area contributed by atoms with Gasteiger partial charge >= 0.3 is 0 Å². The zero-order chi connectivity index (χ0) is 19.3. The molecule has 2 rings (SSSR count). The molecule has 0 aliphatic heterocycles. The summed E-state index contributed by atoms with van der Waals surface area (Å²) in [6, 6.07) is 12.8. The topological polar surface area (TPSA) is 66.5 Å². The summed E-state index contributed by atoms with van der Waals surface area (Å²) in [6.07, 6.45) is 0.927. The van der Waals surface area contributed by atoms with E-state index in [0.717, 1.165) is 23.2 Å². The van der Waals surface area contributed by atoms with Crippen LogP contribution in [-0.2, 0) is 21.2 Å². The van der Waals surface area contributed by atoms with Crippen molar-refractivity contribution in [2.75, 3.05) is 18.0 Å². The largest absolute Gasteiger partial charge is 0.311 e. The molecule has 6 heteroatoms. The molecule has 0 bridgehead atoms. The van der Waals surface area contributed by atoms with Gasteiger partial charge < -0.3 is 4.90 Å². The molecule has 0 heterocycles. The first-order chi connectivity index (χ1) is 12.2. The minimum absolute atomic E-state index is 0.125. The fraction of sp³-hybridized carbons (Fsp3) is 0.350. The lowest BCUT2D eigenvalue weighted by molar-refractivity contribution is -0.116. The Bertz CT molecular complexity index is 874. The van der Waals surface area contributed by atoms with E-state index in [9.17, 15) is 13.2 Å². The van der Waals surface area contributed by atoms with Gasteiger partial charge in [0, 0.05) is 25.7 Å². The van der Waals surface area contributed by atoms with Crippen LogP contribution in [0.3, 0.4) is 0 Å². The van der Waals surface area contributed by atoms with E-state index in [1.807, 2.05) is 38.1 Å². The van der Waals surface area contributed by atoms with Gasteiger partial charge in [0.2, 0.25) is 15.9 Å². The Kier molecular flexibility index (Phi) is 6.56. The minimum atomic E-state index is -3.60. The SMILES string of the molecule is CCc1ccc(N(CCNS(=O)(=O)c2ccc(C)c(C)c2)C(C)=O)cc1. The van der Waals surface area contributed by atoms with Crippen molar-refractivity contribution >= 4 is 21.6 Å². The van der Waals surface area contributed by atoms with Crippen LogP contribution in [0.15, 0.2) is 47.4 Å². The highest BCUT2D eigenvalue weighted by atomic mass is 32.2. The van der Waals surface area contributed by atoms with Crippen molar-refractivity contribution in [3.05, 3.63) is 59.2 Å². The van der Waals surface area contributed by atoms with Gasteiger partial charge in [-0.3, -0.25) is 4.79 Å². The summed E-state index contributed by atoms with van der Waals surface area (Å²) >= 11 is 0. The minimum Gasteiger partial charge on any atom is -0.311 e. The van der Waals surface area contributed by atoms with E-state index in [1.54, 1.807) is 23.1 Å². The lowest BCUT2D eigenvalue weighted by Crippen LogP contribution is -2.37. The third kappa shape index (κ3) is 4.93. The first-order valence-corrected chi connectivity index (χ1v) is 10.2. The molecule has 0 radical (unpaired) electrons. The molecule has 2 aromatic rings. The number of benzene rings is 2. The first kappa shape index (κ1) is 20.1. The highest BCUT2D eigenvalue weighted by molar-refractivity contribution is 7.89. The maximum absolute atomic E-state index is 12.5. The van der Waals surface area contributed by atoms with Crippen LogP contribution < -0.4 is 9.62 Å². The monoisotopic (exact) mass is 374 g/mol. The Morgan fingerprint density at radius 2 is 1.69 bits per heavy atom. The van der Waals surface area contributed by atoms with Crippen molar-refractivity contribution in [2.24, 2.45) is 0 Å². The third-order valence-electron chi connectivity index (χ3n) is 4.45. The predicted molar refractivity (Wildman–Crippen MR) is 105 cm³/mol. The molecule has 0 atom stereocenters. The number of amides is 1. The first-order valence-electron chi connectivity index (χ1n) is 8.68. The molecule has 0 unspecified atom stereocenters. The second-order valence-electron chi connectivity index (χ2n) is 6.33. The highest BCUT2D eigenvalue weighted by Crippen LogP contribution is 2.17. The van der Waals surface area contributed by atoms with E-state index in [-0.39, 0.29) is 23.9 Å². The Morgan fingerprint density at radius 1 is 1.04 bits per heavy atom. The molecule has 26 heavy (non-hydrogen) atoms. The number of carbonyl (C=O) groups is 1. The number of rotatable bonds is 7. The molecule has 5 nitrogen and oxygen atoms in total. The molecule has 2 aromatic carbocycles. The third-order valence-corrected chi connectivity index (χ3v) is 5.91.